The minimum absolute atomic E-state index is 0.00268. The number of hydrogen-bond acceptors (Lipinski definition) is 4. The lowest BCUT2D eigenvalue weighted by molar-refractivity contribution is -0.385. The zero-order valence-electron chi connectivity index (χ0n) is 12.0. The number of nitriles is 1. The smallest absolute Gasteiger partial charge is 0.275 e. The van der Waals surface area contributed by atoms with Gasteiger partial charge in [-0.1, -0.05) is 30.3 Å². The van der Waals surface area contributed by atoms with Gasteiger partial charge in [-0.2, -0.15) is 5.26 Å². The molecule has 1 heterocycles. The Morgan fingerprint density at radius 2 is 1.91 bits per heavy atom. The predicted octanol–water partition coefficient (Wildman–Crippen LogP) is 3.61. The Kier molecular flexibility index (Phi) is 3.75. The molecule has 0 saturated heterocycles. The van der Waals surface area contributed by atoms with Crippen molar-refractivity contribution in [3.63, 3.8) is 0 Å². The number of rotatable bonds is 3. The molecule has 0 amide bonds. The lowest BCUT2D eigenvalue weighted by Crippen LogP contribution is -2.33. The van der Waals surface area contributed by atoms with Gasteiger partial charge in [0.1, 0.15) is 6.04 Å². The third-order valence-corrected chi connectivity index (χ3v) is 4.01. The highest BCUT2D eigenvalue weighted by atomic mass is 16.6. The van der Waals surface area contributed by atoms with Gasteiger partial charge in [-0.15, -0.1) is 0 Å². The Labute approximate surface area is 128 Å². The third kappa shape index (κ3) is 2.40. The number of benzene rings is 2. The van der Waals surface area contributed by atoms with Crippen LogP contribution < -0.4 is 4.90 Å². The molecule has 1 unspecified atom stereocenters. The van der Waals surface area contributed by atoms with Gasteiger partial charge in [0.05, 0.1) is 16.6 Å². The summed E-state index contributed by atoms with van der Waals surface area (Å²) in [6.45, 7) is 0.724. The van der Waals surface area contributed by atoms with E-state index in [0.717, 1.165) is 25.1 Å². The summed E-state index contributed by atoms with van der Waals surface area (Å²) in [7, 11) is 0. The molecule has 2 aromatic carbocycles. The molecule has 0 fully saturated rings. The van der Waals surface area contributed by atoms with Crippen LogP contribution in [0.25, 0.3) is 0 Å². The summed E-state index contributed by atoms with van der Waals surface area (Å²) >= 11 is 0. The first-order valence-corrected chi connectivity index (χ1v) is 7.20. The van der Waals surface area contributed by atoms with Crippen LogP contribution in [0.15, 0.2) is 48.5 Å². The standard InChI is InChI=1S/C17H15N3O2/c18-12-17(14-8-2-4-10-16(14)20(21)22)19-11-5-7-13-6-1-3-9-15(13)19/h1-4,6,8-10,17H,5,7,11H2. The van der Waals surface area contributed by atoms with E-state index in [-0.39, 0.29) is 5.69 Å². The fourth-order valence-electron chi connectivity index (χ4n) is 3.02. The summed E-state index contributed by atoms with van der Waals surface area (Å²) in [5, 5.41) is 20.9. The average molecular weight is 293 g/mol. The van der Waals surface area contributed by atoms with Crippen LogP contribution in [-0.4, -0.2) is 11.5 Å². The van der Waals surface area contributed by atoms with Gasteiger partial charge in [0.2, 0.25) is 0 Å². The molecule has 0 N–H and O–H groups in total. The molecule has 0 saturated carbocycles. The average Bonchev–Trinajstić information content (AvgIpc) is 2.56. The van der Waals surface area contributed by atoms with Gasteiger partial charge in [0.15, 0.2) is 0 Å². The number of fused-ring (bicyclic) bond motifs is 1. The lowest BCUT2D eigenvalue weighted by Gasteiger charge is -2.34. The van der Waals surface area contributed by atoms with Crippen LogP contribution in [0.3, 0.4) is 0 Å². The number of nitro groups is 1. The van der Waals surface area contributed by atoms with E-state index >= 15 is 0 Å². The summed E-state index contributed by atoms with van der Waals surface area (Å²) < 4.78 is 0. The molecule has 0 spiro atoms. The second-order valence-corrected chi connectivity index (χ2v) is 5.27. The van der Waals surface area contributed by atoms with Crippen molar-refractivity contribution >= 4 is 11.4 Å². The van der Waals surface area contributed by atoms with E-state index in [2.05, 4.69) is 12.1 Å². The first-order valence-electron chi connectivity index (χ1n) is 7.20. The summed E-state index contributed by atoms with van der Waals surface area (Å²) in [5.41, 5.74) is 2.63. The van der Waals surface area contributed by atoms with Crippen LogP contribution in [0.4, 0.5) is 11.4 Å². The molecule has 0 bridgehead atoms. The van der Waals surface area contributed by atoms with E-state index in [1.54, 1.807) is 18.2 Å². The summed E-state index contributed by atoms with van der Waals surface area (Å²) in [4.78, 5) is 12.8. The molecule has 1 aliphatic rings. The SMILES string of the molecule is N#CC(c1ccccc1[N+](=O)[O-])N1CCCc2ccccc21. The summed E-state index contributed by atoms with van der Waals surface area (Å²) in [6.07, 6.45) is 1.91. The molecule has 0 aromatic heterocycles. The molecule has 3 rings (SSSR count). The second-order valence-electron chi connectivity index (χ2n) is 5.27. The number of anilines is 1. The van der Waals surface area contributed by atoms with E-state index in [0.29, 0.717) is 5.56 Å². The quantitative estimate of drug-likeness (QED) is 0.640. The maximum atomic E-state index is 11.2. The van der Waals surface area contributed by atoms with Crippen molar-refractivity contribution in [2.75, 3.05) is 11.4 Å². The van der Waals surface area contributed by atoms with Crippen molar-refractivity contribution in [2.24, 2.45) is 0 Å². The molecule has 2 aromatic rings. The van der Waals surface area contributed by atoms with Crippen LogP contribution in [-0.2, 0) is 6.42 Å². The summed E-state index contributed by atoms with van der Waals surface area (Å²) in [6, 6.07) is 16.0. The Morgan fingerprint density at radius 1 is 1.18 bits per heavy atom. The minimum Gasteiger partial charge on any atom is -0.352 e. The number of hydrogen-bond donors (Lipinski definition) is 0. The highest BCUT2D eigenvalue weighted by Crippen LogP contribution is 2.36. The van der Waals surface area contributed by atoms with Crippen molar-refractivity contribution < 1.29 is 4.92 Å². The van der Waals surface area contributed by atoms with Crippen LogP contribution in [0.1, 0.15) is 23.6 Å². The molecule has 1 aliphatic heterocycles. The largest absolute Gasteiger partial charge is 0.352 e. The highest BCUT2D eigenvalue weighted by Gasteiger charge is 2.29. The fraction of sp³-hybridized carbons (Fsp3) is 0.235. The van der Waals surface area contributed by atoms with Gasteiger partial charge in [-0.3, -0.25) is 10.1 Å². The molecule has 0 aliphatic carbocycles. The number of nitrogens with zero attached hydrogens (tertiary/aromatic N) is 3. The molecular formula is C17H15N3O2. The van der Waals surface area contributed by atoms with Crippen molar-refractivity contribution in [2.45, 2.75) is 18.9 Å². The van der Waals surface area contributed by atoms with E-state index in [4.69, 9.17) is 0 Å². The maximum Gasteiger partial charge on any atom is 0.275 e. The van der Waals surface area contributed by atoms with Gasteiger partial charge in [-0.05, 0) is 30.5 Å². The van der Waals surface area contributed by atoms with Crippen molar-refractivity contribution in [1.29, 1.82) is 5.26 Å². The molecule has 5 heteroatoms. The Hall–Kier alpha value is -2.87. The Morgan fingerprint density at radius 3 is 2.68 bits per heavy atom. The number of nitro benzene ring substituents is 1. The zero-order chi connectivity index (χ0) is 15.5. The molecule has 5 nitrogen and oxygen atoms in total. The van der Waals surface area contributed by atoms with E-state index in [1.165, 1.54) is 11.6 Å². The van der Waals surface area contributed by atoms with Gasteiger partial charge in [-0.25, -0.2) is 0 Å². The van der Waals surface area contributed by atoms with Crippen molar-refractivity contribution in [3.8, 4) is 6.07 Å². The van der Waals surface area contributed by atoms with Gasteiger partial charge in [0, 0.05) is 18.3 Å². The van der Waals surface area contributed by atoms with Gasteiger partial charge >= 0.3 is 0 Å². The van der Waals surface area contributed by atoms with Crippen LogP contribution in [0.5, 0.6) is 0 Å². The van der Waals surface area contributed by atoms with E-state index in [9.17, 15) is 15.4 Å². The molecular weight excluding hydrogens is 278 g/mol. The maximum absolute atomic E-state index is 11.2. The van der Waals surface area contributed by atoms with Gasteiger partial charge < -0.3 is 4.90 Å². The summed E-state index contributed by atoms with van der Waals surface area (Å²) in [5.74, 6) is 0. The molecule has 1 atom stereocenters. The van der Waals surface area contributed by atoms with Crippen LogP contribution in [0.2, 0.25) is 0 Å². The van der Waals surface area contributed by atoms with Crippen LogP contribution in [0, 0.1) is 21.4 Å². The monoisotopic (exact) mass is 293 g/mol. The Bertz CT molecular complexity index is 752. The lowest BCUT2D eigenvalue weighted by atomic mass is 9.97. The third-order valence-electron chi connectivity index (χ3n) is 4.01. The van der Waals surface area contributed by atoms with Gasteiger partial charge in [0.25, 0.3) is 5.69 Å². The van der Waals surface area contributed by atoms with Crippen molar-refractivity contribution in [1.82, 2.24) is 0 Å². The first-order chi connectivity index (χ1) is 10.7. The van der Waals surface area contributed by atoms with Crippen molar-refractivity contribution in [3.05, 3.63) is 69.8 Å². The Balaban J connectivity index is 2.08. The highest BCUT2D eigenvalue weighted by molar-refractivity contribution is 5.60. The molecule has 0 radical (unpaired) electrons. The first kappa shape index (κ1) is 14.1. The van der Waals surface area contributed by atoms with E-state index < -0.39 is 11.0 Å². The normalized spacial score (nSPS) is 14.8. The predicted molar refractivity (Wildman–Crippen MR) is 83.6 cm³/mol. The van der Waals surface area contributed by atoms with Crippen LogP contribution >= 0.6 is 0 Å². The minimum atomic E-state index is -0.650. The number of aryl methyl sites for hydroxylation is 1. The molecule has 22 heavy (non-hydrogen) atoms. The number of para-hydroxylation sites is 2. The second kappa shape index (κ2) is 5.86. The van der Waals surface area contributed by atoms with E-state index in [1.807, 2.05) is 23.1 Å². The molecule has 110 valence electrons. The zero-order valence-corrected chi connectivity index (χ0v) is 12.0. The fourth-order valence-corrected chi connectivity index (χ4v) is 3.02. The topological polar surface area (TPSA) is 70.2 Å².